The molecule has 0 saturated heterocycles. The van der Waals surface area contributed by atoms with Gasteiger partial charge in [-0.25, -0.2) is 0 Å². The number of aryl methyl sites for hydroxylation is 1. The standard InChI is InChI=1S/C16H26ClNO2/c1-5-6-14(18)15(19)8-7-12-11(3)13(17)9-10(2)16(12)20-4/h9,14-15,19H,5-8,18H2,1-4H3. The van der Waals surface area contributed by atoms with Crippen molar-refractivity contribution in [2.24, 2.45) is 5.73 Å². The number of benzene rings is 1. The van der Waals surface area contributed by atoms with Crippen LogP contribution in [0.3, 0.4) is 0 Å². The maximum atomic E-state index is 10.1. The number of rotatable bonds is 7. The predicted octanol–water partition coefficient (Wildman–Crippen LogP) is 3.39. The Morgan fingerprint density at radius 1 is 1.35 bits per heavy atom. The molecule has 1 aromatic rings. The minimum atomic E-state index is -0.488. The quantitative estimate of drug-likeness (QED) is 0.811. The van der Waals surface area contributed by atoms with E-state index in [4.69, 9.17) is 22.1 Å². The van der Waals surface area contributed by atoms with Crippen LogP contribution in [0.15, 0.2) is 6.07 Å². The van der Waals surface area contributed by atoms with Gasteiger partial charge in [0, 0.05) is 11.1 Å². The number of hydrogen-bond acceptors (Lipinski definition) is 3. The normalized spacial score (nSPS) is 14.2. The van der Waals surface area contributed by atoms with Gasteiger partial charge in [0.2, 0.25) is 0 Å². The van der Waals surface area contributed by atoms with Crippen molar-refractivity contribution >= 4 is 11.6 Å². The van der Waals surface area contributed by atoms with Gasteiger partial charge in [0.25, 0.3) is 0 Å². The summed E-state index contributed by atoms with van der Waals surface area (Å²) in [6.45, 7) is 6.03. The highest BCUT2D eigenvalue weighted by molar-refractivity contribution is 6.31. The Bertz CT molecular complexity index is 449. The first-order chi connectivity index (χ1) is 9.42. The van der Waals surface area contributed by atoms with Gasteiger partial charge in [-0.2, -0.15) is 0 Å². The number of ether oxygens (including phenoxy) is 1. The third kappa shape index (κ3) is 4.11. The smallest absolute Gasteiger partial charge is 0.125 e. The summed E-state index contributed by atoms with van der Waals surface area (Å²) in [5.74, 6) is 0.864. The summed E-state index contributed by atoms with van der Waals surface area (Å²) < 4.78 is 5.48. The minimum absolute atomic E-state index is 0.161. The molecule has 0 bridgehead atoms. The average Bonchev–Trinajstić information content (AvgIpc) is 2.41. The zero-order valence-electron chi connectivity index (χ0n) is 12.9. The van der Waals surface area contributed by atoms with E-state index in [9.17, 15) is 5.11 Å². The van der Waals surface area contributed by atoms with Crippen molar-refractivity contribution in [2.45, 2.75) is 58.6 Å². The molecule has 0 aliphatic carbocycles. The van der Waals surface area contributed by atoms with Crippen LogP contribution < -0.4 is 10.5 Å². The van der Waals surface area contributed by atoms with Gasteiger partial charge >= 0.3 is 0 Å². The zero-order chi connectivity index (χ0) is 15.3. The maximum absolute atomic E-state index is 10.1. The van der Waals surface area contributed by atoms with Gasteiger partial charge in [-0.1, -0.05) is 24.9 Å². The van der Waals surface area contributed by atoms with E-state index in [0.717, 1.165) is 46.7 Å². The average molecular weight is 300 g/mol. The SMILES string of the molecule is CCCC(N)C(O)CCc1c(C)c(Cl)cc(C)c1OC. The monoisotopic (exact) mass is 299 g/mol. The van der Waals surface area contributed by atoms with Crippen molar-refractivity contribution in [3.8, 4) is 5.75 Å². The fourth-order valence-corrected chi connectivity index (χ4v) is 2.81. The van der Waals surface area contributed by atoms with E-state index in [1.54, 1.807) is 7.11 Å². The molecule has 0 heterocycles. The Morgan fingerprint density at radius 3 is 2.55 bits per heavy atom. The number of aliphatic hydroxyl groups excluding tert-OH is 1. The fourth-order valence-electron chi connectivity index (χ4n) is 2.53. The number of nitrogens with two attached hydrogens (primary N) is 1. The molecule has 2 atom stereocenters. The van der Waals surface area contributed by atoms with E-state index in [1.807, 2.05) is 19.9 Å². The Labute approximate surface area is 127 Å². The Morgan fingerprint density at radius 2 is 2.00 bits per heavy atom. The molecule has 0 amide bonds. The van der Waals surface area contributed by atoms with Crippen molar-refractivity contribution in [2.75, 3.05) is 7.11 Å². The molecule has 4 heteroatoms. The number of hydrogen-bond donors (Lipinski definition) is 2. The molecule has 20 heavy (non-hydrogen) atoms. The number of aliphatic hydroxyl groups is 1. The van der Waals surface area contributed by atoms with Crippen LogP contribution in [-0.4, -0.2) is 24.4 Å². The molecule has 0 spiro atoms. The Kier molecular flexibility index (Phi) is 6.80. The molecular weight excluding hydrogens is 274 g/mol. The second kappa shape index (κ2) is 7.87. The minimum Gasteiger partial charge on any atom is -0.496 e. The van der Waals surface area contributed by atoms with E-state index in [-0.39, 0.29) is 6.04 Å². The molecule has 0 radical (unpaired) electrons. The molecule has 0 aliphatic rings. The van der Waals surface area contributed by atoms with Crippen LogP contribution >= 0.6 is 11.6 Å². The van der Waals surface area contributed by atoms with Gasteiger partial charge in [-0.15, -0.1) is 0 Å². The van der Waals surface area contributed by atoms with Gasteiger partial charge < -0.3 is 15.6 Å². The van der Waals surface area contributed by atoms with E-state index < -0.39 is 6.10 Å². The van der Waals surface area contributed by atoms with Gasteiger partial charge in [0.05, 0.1) is 13.2 Å². The molecule has 0 fully saturated rings. The van der Waals surface area contributed by atoms with E-state index >= 15 is 0 Å². The van der Waals surface area contributed by atoms with Gasteiger partial charge in [-0.05, 0) is 55.9 Å². The highest BCUT2D eigenvalue weighted by Crippen LogP contribution is 2.33. The highest BCUT2D eigenvalue weighted by atomic mass is 35.5. The topological polar surface area (TPSA) is 55.5 Å². The van der Waals surface area contributed by atoms with Crippen molar-refractivity contribution in [1.29, 1.82) is 0 Å². The predicted molar refractivity (Wildman–Crippen MR) is 84.7 cm³/mol. The lowest BCUT2D eigenvalue weighted by Gasteiger charge is -2.20. The van der Waals surface area contributed by atoms with Crippen LogP contribution in [0.2, 0.25) is 5.02 Å². The van der Waals surface area contributed by atoms with Crippen LogP contribution in [0.1, 0.15) is 42.9 Å². The van der Waals surface area contributed by atoms with Gasteiger partial charge in [0.1, 0.15) is 5.75 Å². The molecule has 2 unspecified atom stereocenters. The summed E-state index contributed by atoms with van der Waals surface area (Å²) in [6.07, 6.45) is 2.67. The summed E-state index contributed by atoms with van der Waals surface area (Å²) in [7, 11) is 1.67. The first-order valence-corrected chi connectivity index (χ1v) is 7.56. The van der Waals surface area contributed by atoms with Gasteiger partial charge in [0.15, 0.2) is 0 Å². The van der Waals surface area contributed by atoms with E-state index in [0.29, 0.717) is 6.42 Å². The van der Waals surface area contributed by atoms with E-state index in [1.165, 1.54) is 0 Å². The maximum Gasteiger partial charge on any atom is 0.125 e. The Balaban J connectivity index is 2.87. The molecule has 0 aliphatic heterocycles. The lowest BCUT2D eigenvalue weighted by Crippen LogP contribution is -2.34. The van der Waals surface area contributed by atoms with Crippen molar-refractivity contribution in [1.82, 2.24) is 0 Å². The third-order valence-corrected chi connectivity index (χ3v) is 4.19. The van der Waals surface area contributed by atoms with Crippen LogP contribution in [-0.2, 0) is 6.42 Å². The summed E-state index contributed by atoms with van der Waals surface area (Å²) >= 11 is 6.23. The largest absolute Gasteiger partial charge is 0.496 e. The second-order valence-corrected chi connectivity index (χ2v) is 5.78. The molecular formula is C16H26ClNO2. The van der Waals surface area contributed by atoms with Crippen molar-refractivity contribution < 1.29 is 9.84 Å². The molecule has 0 saturated carbocycles. The lowest BCUT2D eigenvalue weighted by atomic mass is 9.95. The molecule has 0 aromatic heterocycles. The van der Waals surface area contributed by atoms with Crippen LogP contribution in [0, 0.1) is 13.8 Å². The zero-order valence-corrected chi connectivity index (χ0v) is 13.6. The van der Waals surface area contributed by atoms with Crippen LogP contribution in [0.5, 0.6) is 5.75 Å². The Hall–Kier alpha value is -0.770. The van der Waals surface area contributed by atoms with E-state index in [2.05, 4.69) is 6.92 Å². The van der Waals surface area contributed by atoms with Crippen LogP contribution in [0.25, 0.3) is 0 Å². The third-order valence-electron chi connectivity index (χ3n) is 3.80. The number of methoxy groups -OCH3 is 1. The summed E-state index contributed by atoms with van der Waals surface area (Å²) in [5.41, 5.74) is 9.06. The molecule has 3 N–H and O–H groups in total. The van der Waals surface area contributed by atoms with Crippen molar-refractivity contribution in [3.63, 3.8) is 0 Å². The highest BCUT2D eigenvalue weighted by Gasteiger charge is 2.18. The summed E-state index contributed by atoms with van der Waals surface area (Å²) in [4.78, 5) is 0. The van der Waals surface area contributed by atoms with Crippen molar-refractivity contribution in [3.05, 3.63) is 27.8 Å². The van der Waals surface area contributed by atoms with Gasteiger partial charge in [-0.3, -0.25) is 0 Å². The summed E-state index contributed by atoms with van der Waals surface area (Å²) in [6, 6.07) is 1.75. The summed E-state index contributed by atoms with van der Waals surface area (Å²) in [5, 5.41) is 10.8. The van der Waals surface area contributed by atoms with Crippen LogP contribution in [0.4, 0.5) is 0 Å². The molecule has 114 valence electrons. The first kappa shape index (κ1) is 17.3. The molecule has 1 aromatic carbocycles. The first-order valence-electron chi connectivity index (χ1n) is 7.18. The molecule has 1 rings (SSSR count). The number of halogens is 1. The molecule has 3 nitrogen and oxygen atoms in total. The lowest BCUT2D eigenvalue weighted by molar-refractivity contribution is 0.130. The second-order valence-electron chi connectivity index (χ2n) is 5.37. The fraction of sp³-hybridized carbons (Fsp3) is 0.625.